The lowest BCUT2D eigenvalue weighted by Gasteiger charge is -2.06. The van der Waals surface area contributed by atoms with Crippen LogP contribution in [-0.2, 0) is 16.1 Å². The van der Waals surface area contributed by atoms with Gasteiger partial charge >= 0.3 is 0 Å². The Morgan fingerprint density at radius 1 is 1.27 bits per heavy atom. The Hall–Kier alpha value is -0.930. The van der Waals surface area contributed by atoms with E-state index in [1.165, 1.54) is 5.56 Å². The summed E-state index contributed by atoms with van der Waals surface area (Å²) in [5.41, 5.74) is 2.23. The monoisotopic (exact) mass is 209 g/mol. The van der Waals surface area contributed by atoms with Crippen molar-refractivity contribution < 1.29 is 9.47 Å². The summed E-state index contributed by atoms with van der Waals surface area (Å²) >= 11 is 0. The molecule has 1 aromatic rings. The van der Waals surface area contributed by atoms with Crippen molar-refractivity contribution in [1.82, 2.24) is 4.98 Å². The smallest absolute Gasteiger partial charge is 0.0889 e. The van der Waals surface area contributed by atoms with Gasteiger partial charge in [0.25, 0.3) is 0 Å². The fourth-order valence-electron chi connectivity index (χ4n) is 1.18. The van der Waals surface area contributed by atoms with E-state index in [1.807, 2.05) is 12.3 Å². The molecule has 0 radical (unpaired) electrons. The average molecular weight is 209 g/mol. The second kappa shape index (κ2) is 6.53. The van der Waals surface area contributed by atoms with Gasteiger partial charge in [-0.2, -0.15) is 0 Å². The molecule has 0 aliphatic carbocycles. The van der Waals surface area contributed by atoms with Crippen LogP contribution in [0, 0.1) is 0 Å². The molecule has 1 aromatic heterocycles. The molecule has 0 saturated heterocycles. The van der Waals surface area contributed by atoms with Gasteiger partial charge in [0.15, 0.2) is 0 Å². The third kappa shape index (κ3) is 4.40. The molecule has 0 saturated carbocycles. The van der Waals surface area contributed by atoms with E-state index >= 15 is 0 Å². The molecule has 0 unspecified atom stereocenters. The maximum Gasteiger partial charge on any atom is 0.0889 e. The molecule has 0 fully saturated rings. The molecule has 0 amide bonds. The van der Waals surface area contributed by atoms with E-state index in [-0.39, 0.29) is 0 Å². The Labute approximate surface area is 91.4 Å². The third-order valence-electron chi connectivity index (χ3n) is 2.20. The molecule has 1 heterocycles. The first-order valence-corrected chi connectivity index (χ1v) is 5.25. The molecule has 3 heteroatoms. The number of hydrogen-bond acceptors (Lipinski definition) is 3. The van der Waals surface area contributed by atoms with Crippen LogP contribution in [0.15, 0.2) is 18.3 Å². The van der Waals surface area contributed by atoms with Crippen molar-refractivity contribution in [3.8, 4) is 0 Å². The van der Waals surface area contributed by atoms with E-state index in [2.05, 4.69) is 24.9 Å². The minimum Gasteiger partial charge on any atom is -0.382 e. The number of methoxy groups -OCH3 is 1. The molecule has 0 N–H and O–H groups in total. The summed E-state index contributed by atoms with van der Waals surface area (Å²) in [6.07, 6.45) is 1.92. The minimum atomic E-state index is 0.529. The zero-order chi connectivity index (χ0) is 11.1. The summed E-state index contributed by atoms with van der Waals surface area (Å²) in [6, 6.07) is 4.12. The van der Waals surface area contributed by atoms with Crippen LogP contribution in [0.4, 0.5) is 0 Å². The second-order valence-corrected chi connectivity index (χ2v) is 3.78. The molecule has 0 aliphatic rings. The number of pyridine rings is 1. The number of nitrogens with zero attached hydrogens (tertiary/aromatic N) is 1. The number of hydrogen-bond donors (Lipinski definition) is 0. The van der Waals surface area contributed by atoms with Crippen LogP contribution in [0.5, 0.6) is 0 Å². The lowest BCUT2D eigenvalue weighted by Crippen LogP contribution is -2.03. The standard InChI is InChI=1S/C12H19NO2/c1-10(2)11-4-5-12(13-8-11)9-15-7-6-14-3/h4-5,8,10H,6-7,9H2,1-3H3. The third-order valence-corrected chi connectivity index (χ3v) is 2.20. The molecule has 1 rings (SSSR count). The van der Waals surface area contributed by atoms with Gasteiger partial charge in [0, 0.05) is 13.3 Å². The van der Waals surface area contributed by atoms with E-state index in [4.69, 9.17) is 9.47 Å². The Morgan fingerprint density at radius 3 is 2.60 bits per heavy atom. The van der Waals surface area contributed by atoms with E-state index in [0.717, 1.165) is 5.69 Å². The lowest BCUT2D eigenvalue weighted by atomic mass is 10.1. The quantitative estimate of drug-likeness (QED) is 0.674. The summed E-state index contributed by atoms with van der Waals surface area (Å²) in [5, 5.41) is 0. The van der Waals surface area contributed by atoms with Crippen LogP contribution < -0.4 is 0 Å². The lowest BCUT2D eigenvalue weighted by molar-refractivity contribution is 0.0602. The summed E-state index contributed by atoms with van der Waals surface area (Å²) in [5.74, 6) is 0.529. The molecular weight excluding hydrogens is 190 g/mol. The van der Waals surface area contributed by atoms with Crippen LogP contribution in [-0.4, -0.2) is 25.3 Å². The predicted molar refractivity (Wildman–Crippen MR) is 59.9 cm³/mol. The highest BCUT2D eigenvalue weighted by atomic mass is 16.5. The largest absolute Gasteiger partial charge is 0.382 e. The van der Waals surface area contributed by atoms with Crippen LogP contribution >= 0.6 is 0 Å². The maximum absolute atomic E-state index is 5.37. The highest BCUT2D eigenvalue weighted by Crippen LogP contribution is 2.12. The molecule has 84 valence electrons. The normalized spacial score (nSPS) is 10.9. The minimum absolute atomic E-state index is 0.529. The van der Waals surface area contributed by atoms with Gasteiger partial charge in [-0.3, -0.25) is 4.98 Å². The Balaban J connectivity index is 2.36. The summed E-state index contributed by atoms with van der Waals surface area (Å²) in [6.45, 7) is 6.12. The molecule has 15 heavy (non-hydrogen) atoms. The zero-order valence-electron chi connectivity index (χ0n) is 9.69. The average Bonchev–Trinajstić information content (AvgIpc) is 2.25. The summed E-state index contributed by atoms with van der Waals surface area (Å²) in [4.78, 5) is 4.33. The molecule has 0 aliphatic heterocycles. The highest BCUT2D eigenvalue weighted by Gasteiger charge is 2.00. The number of rotatable bonds is 6. The van der Waals surface area contributed by atoms with Gasteiger partial charge in [-0.15, -0.1) is 0 Å². The van der Waals surface area contributed by atoms with Gasteiger partial charge in [0.2, 0.25) is 0 Å². The van der Waals surface area contributed by atoms with E-state index in [1.54, 1.807) is 7.11 Å². The van der Waals surface area contributed by atoms with Crippen molar-refractivity contribution in [3.63, 3.8) is 0 Å². The zero-order valence-corrected chi connectivity index (χ0v) is 9.69. The van der Waals surface area contributed by atoms with Crippen molar-refractivity contribution in [2.45, 2.75) is 26.4 Å². The number of ether oxygens (including phenoxy) is 2. The molecule has 0 bridgehead atoms. The van der Waals surface area contributed by atoms with Crippen LogP contribution in [0.1, 0.15) is 31.0 Å². The Bertz CT molecular complexity index is 269. The van der Waals surface area contributed by atoms with Crippen molar-refractivity contribution in [2.75, 3.05) is 20.3 Å². The molecule has 3 nitrogen and oxygen atoms in total. The molecule has 0 aromatic carbocycles. The molecular formula is C12H19NO2. The summed E-state index contributed by atoms with van der Waals surface area (Å²) < 4.78 is 10.3. The predicted octanol–water partition coefficient (Wildman–Crippen LogP) is 2.37. The second-order valence-electron chi connectivity index (χ2n) is 3.78. The van der Waals surface area contributed by atoms with Crippen LogP contribution in [0.2, 0.25) is 0 Å². The topological polar surface area (TPSA) is 31.4 Å². The Kier molecular flexibility index (Phi) is 5.29. The molecule has 0 spiro atoms. The van der Waals surface area contributed by atoms with E-state index in [9.17, 15) is 0 Å². The van der Waals surface area contributed by atoms with Gasteiger partial charge in [-0.25, -0.2) is 0 Å². The highest BCUT2D eigenvalue weighted by molar-refractivity contribution is 5.16. The first-order valence-electron chi connectivity index (χ1n) is 5.25. The van der Waals surface area contributed by atoms with Gasteiger partial charge in [-0.05, 0) is 17.5 Å². The summed E-state index contributed by atoms with van der Waals surface area (Å²) in [7, 11) is 1.67. The first kappa shape index (κ1) is 12.1. The maximum atomic E-state index is 5.37. The number of aromatic nitrogens is 1. The van der Waals surface area contributed by atoms with Gasteiger partial charge in [0.1, 0.15) is 0 Å². The van der Waals surface area contributed by atoms with Crippen molar-refractivity contribution in [1.29, 1.82) is 0 Å². The van der Waals surface area contributed by atoms with Gasteiger partial charge in [-0.1, -0.05) is 19.9 Å². The van der Waals surface area contributed by atoms with Crippen molar-refractivity contribution in [3.05, 3.63) is 29.6 Å². The van der Waals surface area contributed by atoms with Gasteiger partial charge < -0.3 is 9.47 Å². The SMILES string of the molecule is COCCOCc1ccc(C(C)C)cn1. The fourth-order valence-corrected chi connectivity index (χ4v) is 1.18. The van der Waals surface area contributed by atoms with Crippen molar-refractivity contribution in [2.24, 2.45) is 0 Å². The Morgan fingerprint density at radius 2 is 2.07 bits per heavy atom. The first-order chi connectivity index (χ1) is 7.24. The van der Waals surface area contributed by atoms with Gasteiger partial charge in [0.05, 0.1) is 25.5 Å². The van der Waals surface area contributed by atoms with Crippen LogP contribution in [0.3, 0.4) is 0 Å². The van der Waals surface area contributed by atoms with Crippen molar-refractivity contribution >= 4 is 0 Å². The van der Waals surface area contributed by atoms with E-state index < -0.39 is 0 Å². The molecule has 0 atom stereocenters. The fraction of sp³-hybridized carbons (Fsp3) is 0.583. The van der Waals surface area contributed by atoms with Crippen LogP contribution in [0.25, 0.3) is 0 Å². The van der Waals surface area contributed by atoms with E-state index in [0.29, 0.717) is 25.7 Å².